The van der Waals surface area contributed by atoms with Crippen LogP contribution in [0.15, 0.2) is 134 Å². The maximum atomic E-state index is 14.9. The highest BCUT2D eigenvalue weighted by Gasteiger charge is 2.40. The summed E-state index contributed by atoms with van der Waals surface area (Å²) in [6.45, 7) is 1.36. The predicted octanol–water partition coefficient (Wildman–Crippen LogP) is 3.01. The molecule has 6 amide bonds. The average molecular weight is 1070 g/mol. The summed E-state index contributed by atoms with van der Waals surface area (Å²) >= 11 is 1.14. The fourth-order valence-electron chi connectivity index (χ4n) is 8.97. The van der Waals surface area contributed by atoms with Crippen LogP contribution in [0.25, 0.3) is 21.7 Å². The number of nitrogens with two attached hydrogens (primary N) is 3. The van der Waals surface area contributed by atoms with Gasteiger partial charge in [0.1, 0.15) is 36.9 Å². The summed E-state index contributed by atoms with van der Waals surface area (Å²) in [5.74, 6) is -5.24. The zero-order valence-electron chi connectivity index (χ0n) is 42.6. The molecule has 1 unspecified atom stereocenters. The van der Waals surface area contributed by atoms with Crippen molar-refractivity contribution in [1.82, 2.24) is 31.6 Å². The standard InChI is InChI=1S/C57H65N9O10S/c1-34(67)75-32-49-50(30-48(68)57(76-49)66-52(70)38-17-6-3-7-18-38)77-33-42(59)53(71)63-46(28-36-23-24-37-16-8-9-19-39(37)26-36)55(73)65-47(29-40-31-61-43-21-11-10-20-41(40)43)56(74)64-45(27-35-14-4-2-5-15-35)54(72)62-44(51(60)69)22-12-13-25-58/h2-11,14-21,23-24,26,31,42,44-47,49-50,57,61H,12-13,22,25,27-30,32-33,58-59H2,1H3,(H2,60,69)(H,62,72)(H,63,71)(H,64,74)(H,65,73)(H,66,70)/t42-,44+,45-,46-,47+,49-,50?,57-/m1/s1. The fraction of sp³-hybridized carbons (Fsp3) is 0.333. The van der Waals surface area contributed by atoms with E-state index in [1.165, 1.54) is 6.92 Å². The van der Waals surface area contributed by atoms with Gasteiger partial charge in [-0.1, -0.05) is 109 Å². The molecule has 0 bridgehead atoms. The number of aromatic nitrogens is 1. The van der Waals surface area contributed by atoms with Crippen molar-refractivity contribution in [2.24, 2.45) is 17.2 Å². The first-order chi connectivity index (χ1) is 37.1. The smallest absolute Gasteiger partial charge is 0.302 e. The van der Waals surface area contributed by atoms with Gasteiger partial charge in [0.2, 0.25) is 29.5 Å². The molecule has 0 radical (unpaired) electrons. The Morgan fingerprint density at radius 1 is 0.701 bits per heavy atom. The van der Waals surface area contributed by atoms with E-state index >= 15 is 0 Å². The molecule has 8 atom stereocenters. The van der Waals surface area contributed by atoms with Gasteiger partial charge in [0.25, 0.3) is 5.91 Å². The summed E-state index contributed by atoms with van der Waals surface area (Å²) in [6.07, 6.45) is 0.697. The van der Waals surface area contributed by atoms with Gasteiger partial charge in [0.15, 0.2) is 12.0 Å². The largest absolute Gasteiger partial charge is 0.463 e. The number of carbonyl (C=O) groups excluding carboxylic acids is 8. The zero-order valence-corrected chi connectivity index (χ0v) is 43.4. The molecule has 1 fully saturated rings. The monoisotopic (exact) mass is 1070 g/mol. The number of para-hydroxylation sites is 1. The lowest BCUT2D eigenvalue weighted by Gasteiger charge is -2.35. The minimum atomic E-state index is -1.33. The Balaban J connectivity index is 1.12. The van der Waals surface area contributed by atoms with E-state index in [4.69, 9.17) is 26.7 Å². The molecule has 1 aliphatic rings. The number of unbranched alkanes of at least 4 members (excludes halogenated alkanes) is 1. The number of esters is 1. The van der Waals surface area contributed by atoms with Gasteiger partial charge in [0, 0.05) is 66.3 Å². The molecule has 0 aliphatic carbocycles. The lowest BCUT2D eigenvalue weighted by molar-refractivity contribution is -0.156. The van der Waals surface area contributed by atoms with Gasteiger partial charge >= 0.3 is 5.97 Å². The van der Waals surface area contributed by atoms with Gasteiger partial charge in [-0.3, -0.25) is 38.4 Å². The second kappa shape index (κ2) is 27.8. The fourth-order valence-corrected chi connectivity index (χ4v) is 10.2. The van der Waals surface area contributed by atoms with Crippen LogP contribution in [-0.2, 0) is 62.3 Å². The lowest BCUT2D eigenvalue weighted by atomic mass is 9.99. The van der Waals surface area contributed by atoms with E-state index in [0.29, 0.717) is 41.6 Å². The van der Waals surface area contributed by atoms with Crippen molar-refractivity contribution in [1.29, 1.82) is 0 Å². The predicted molar refractivity (Wildman–Crippen MR) is 293 cm³/mol. The number of aromatic amines is 1. The van der Waals surface area contributed by atoms with Gasteiger partial charge in [-0.2, -0.15) is 11.8 Å². The van der Waals surface area contributed by atoms with Gasteiger partial charge in [-0.25, -0.2) is 0 Å². The number of nitrogens with one attached hydrogen (secondary N) is 6. The van der Waals surface area contributed by atoms with E-state index in [-0.39, 0.29) is 44.5 Å². The normalized spacial score (nSPS) is 17.2. The SMILES string of the molecule is CC(=O)OC[C@H]1O[C@@H](NC(=O)c2ccccc2)C(=O)CC1SC[C@@H](N)C(=O)N[C@H](Cc1ccc2ccccc2c1)C(=O)N[C@@H](Cc1c[nH]c2ccccc12)C(=O)N[C@H](Cc1ccccc1)C(=O)N[C@@H](CCCCN)C(N)=O. The van der Waals surface area contributed by atoms with Crippen molar-refractivity contribution in [3.8, 4) is 0 Å². The number of thioether (sulfide) groups is 1. The number of ketones is 1. The van der Waals surface area contributed by atoms with Gasteiger partial charge in [-0.15, -0.1) is 0 Å². The first-order valence-corrected chi connectivity index (χ1v) is 26.5. The van der Waals surface area contributed by atoms with Crippen molar-refractivity contribution < 1.29 is 47.8 Å². The molecule has 1 aromatic heterocycles. The van der Waals surface area contributed by atoms with Crippen molar-refractivity contribution in [3.05, 3.63) is 156 Å². The number of hydrogen-bond acceptors (Lipinski definition) is 13. The minimum absolute atomic E-state index is 0.0219. The van der Waals surface area contributed by atoms with E-state index in [1.54, 1.807) is 60.8 Å². The third kappa shape index (κ3) is 16.3. The van der Waals surface area contributed by atoms with Gasteiger partial charge < -0.3 is 58.2 Å². The first-order valence-electron chi connectivity index (χ1n) is 25.5. The number of H-pyrrole nitrogens is 1. The van der Waals surface area contributed by atoms with Crippen LogP contribution in [0.3, 0.4) is 0 Å². The quantitative estimate of drug-likeness (QED) is 0.0279. The van der Waals surface area contributed by atoms with Crippen LogP contribution in [0.5, 0.6) is 0 Å². The summed E-state index contributed by atoms with van der Waals surface area (Å²) in [5.41, 5.74) is 21.1. The highest BCUT2D eigenvalue weighted by atomic mass is 32.2. The molecular formula is C57H65N9O10S. The number of fused-ring (bicyclic) bond motifs is 2. The Bertz CT molecular complexity index is 3030. The minimum Gasteiger partial charge on any atom is -0.463 e. The lowest BCUT2D eigenvalue weighted by Crippen LogP contribution is -2.60. The molecule has 7 rings (SSSR count). The van der Waals surface area contributed by atoms with Crippen molar-refractivity contribution in [3.63, 3.8) is 0 Å². The van der Waals surface area contributed by atoms with Crippen LogP contribution in [0.4, 0.5) is 0 Å². The van der Waals surface area contributed by atoms with E-state index in [1.807, 2.05) is 72.8 Å². The van der Waals surface area contributed by atoms with E-state index in [9.17, 15) is 38.4 Å². The Morgan fingerprint density at radius 3 is 1.97 bits per heavy atom. The molecule has 77 heavy (non-hydrogen) atoms. The Morgan fingerprint density at radius 2 is 1.30 bits per heavy atom. The number of carbonyl (C=O) groups is 8. The topological polar surface area (TPSA) is 309 Å². The number of hydrogen-bond donors (Lipinski definition) is 9. The molecule has 6 aromatic rings. The third-order valence-electron chi connectivity index (χ3n) is 13.1. The van der Waals surface area contributed by atoms with Crippen LogP contribution in [0.1, 0.15) is 59.7 Å². The number of benzene rings is 5. The Labute approximate surface area is 449 Å². The maximum Gasteiger partial charge on any atom is 0.302 e. The van der Waals surface area contributed by atoms with Crippen molar-refractivity contribution in [2.45, 2.75) is 99.7 Å². The van der Waals surface area contributed by atoms with Crippen molar-refractivity contribution in [2.75, 3.05) is 18.9 Å². The molecule has 5 aromatic carbocycles. The van der Waals surface area contributed by atoms with Crippen molar-refractivity contribution >= 4 is 80.6 Å². The zero-order chi connectivity index (χ0) is 54.8. The summed E-state index contributed by atoms with van der Waals surface area (Å²) in [5, 5.41) is 15.9. The molecule has 1 aliphatic heterocycles. The molecule has 20 heteroatoms. The Kier molecular flexibility index (Phi) is 20.5. The van der Waals surface area contributed by atoms with Crippen LogP contribution in [0, 0.1) is 0 Å². The highest BCUT2D eigenvalue weighted by molar-refractivity contribution is 8.00. The highest BCUT2D eigenvalue weighted by Crippen LogP contribution is 2.29. The maximum absolute atomic E-state index is 14.9. The molecular weight excluding hydrogens is 1000 g/mol. The average Bonchev–Trinajstić information content (AvgIpc) is 3.85. The number of Topliss-reactive ketones (excluding diaryl/α,β-unsaturated/α-hetero) is 1. The van der Waals surface area contributed by atoms with Crippen LogP contribution in [0.2, 0.25) is 0 Å². The van der Waals surface area contributed by atoms with Crippen LogP contribution in [-0.4, -0.2) is 119 Å². The molecule has 1 saturated heterocycles. The third-order valence-corrected chi connectivity index (χ3v) is 14.6. The van der Waals surface area contributed by atoms with E-state index in [2.05, 4.69) is 31.6 Å². The Hall–Kier alpha value is -7.91. The van der Waals surface area contributed by atoms with E-state index < -0.39 is 95.0 Å². The molecule has 404 valence electrons. The number of primary amides is 1. The number of amides is 6. The van der Waals surface area contributed by atoms with Crippen LogP contribution >= 0.6 is 11.8 Å². The summed E-state index contributed by atoms with van der Waals surface area (Å²) in [4.78, 5) is 112. The number of ether oxygens (including phenoxy) is 2. The molecule has 0 spiro atoms. The second-order valence-electron chi connectivity index (χ2n) is 18.9. The van der Waals surface area contributed by atoms with Gasteiger partial charge in [0.05, 0.1) is 6.04 Å². The summed E-state index contributed by atoms with van der Waals surface area (Å²) in [6, 6.07) is 31.8. The molecule has 19 nitrogen and oxygen atoms in total. The van der Waals surface area contributed by atoms with Gasteiger partial charge in [-0.05, 0) is 71.5 Å². The van der Waals surface area contributed by atoms with Crippen LogP contribution < -0.4 is 43.8 Å². The molecule has 12 N–H and O–H groups in total. The summed E-state index contributed by atoms with van der Waals surface area (Å²) < 4.78 is 11.3. The first kappa shape index (κ1) is 56.8. The summed E-state index contributed by atoms with van der Waals surface area (Å²) in [7, 11) is 0. The van der Waals surface area contributed by atoms with E-state index in [0.717, 1.165) is 33.4 Å². The second-order valence-corrected chi connectivity index (χ2v) is 20.2. The number of rotatable bonds is 26. The molecule has 0 saturated carbocycles. The molecule has 2 heterocycles.